The quantitative estimate of drug-likeness (QED) is 0.733. The van der Waals surface area contributed by atoms with Crippen molar-refractivity contribution in [3.8, 4) is 0 Å². The van der Waals surface area contributed by atoms with Gasteiger partial charge >= 0.3 is 0 Å². The number of rotatable bonds is 0. The molecule has 0 saturated carbocycles. The van der Waals surface area contributed by atoms with Gasteiger partial charge in [-0.25, -0.2) is 16.8 Å². The van der Waals surface area contributed by atoms with Crippen LogP contribution < -0.4 is 0 Å². The Hall–Kier alpha value is -0.880. The summed E-state index contributed by atoms with van der Waals surface area (Å²) in [7, 11) is -6.13. The molecule has 0 unspecified atom stereocenters. The smallest absolute Gasteiger partial charge is 0.154 e. The fourth-order valence-electron chi connectivity index (χ4n) is 2.56. The molecule has 3 rings (SSSR count). The van der Waals surface area contributed by atoms with E-state index < -0.39 is 19.7 Å². The molecule has 0 aliphatic carbocycles. The summed E-state index contributed by atoms with van der Waals surface area (Å²) in [5.74, 6) is 0.514. The van der Waals surface area contributed by atoms with Crippen LogP contribution in [0.1, 0.15) is 43.2 Å². The summed E-state index contributed by atoms with van der Waals surface area (Å²) >= 11 is 0. The van der Waals surface area contributed by atoms with E-state index in [2.05, 4.69) is 0 Å². The molecule has 0 spiro atoms. The van der Waals surface area contributed by atoms with Gasteiger partial charge in [-0.1, -0.05) is 43.5 Å². The Morgan fingerprint density at radius 1 is 0.571 bits per heavy atom. The summed E-state index contributed by atoms with van der Waals surface area (Å²) in [6.45, 7) is 0. The molecule has 1 aromatic carbocycles. The second-order valence-electron chi connectivity index (χ2n) is 5.77. The second-order valence-corrected chi connectivity index (χ2v) is 10.1. The van der Waals surface area contributed by atoms with Crippen molar-refractivity contribution in [2.75, 3.05) is 11.5 Å². The summed E-state index contributed by atoms with van der Waals surface area (Å²) in [6, 6.07) is 6.90. The Bertz CT molecular complexity index is 599. The summed E-state index contributed by atoms with van der Waals surface area (Å²) < 4.78 is 48.0. The zero-order chi connectivity index (χ0) is 15.3. The molecule has 4 nitrogen and oxygen atoms in total. The first-order valence-electron chi connectivity index (χ1n) is 7.35. The Morgan fingerprint density at radius 3 is 1.29 bits per heavy atom. The fourth-order valence-corrected chi connectivity index (χ4v) is 5.54. The van der Waals surface area contributed by atoms with Crippen molar-refractivity contribution in [1.82, 2.24) is 0 Å². The molecule has 0 fully saturated rings. The van der Waals surface area contributed by atoms with Gasteiger partial charge in [-0.2, -0.15) is 0 Å². The third-order valence-corrected chi connectivity index (χ3v) is 7.07. The molecule has 1 aromatic rings. The minimum atomic E-state index is -3.07. The molecule has 21 heavy (non-hydrogen) atoms. The van der Waals surface area contributed by atoms with Gasteiger partial charge in [0.2, 0.25) is 0 Å². The van der Waals surface area contributed by atoms with E-state index in [-0.39, 0.29) is 23.0 Å². The molecule has 0 atom stereocenters. The van der Waals surface area contributed by atoms with Crippen LogP contribution in [0.3, 0.4) is 0 Å². The molecule has 2 bridgehead atoms. The average Bonchev–Trinajstić information content (AvgIpc) is 2.39. The van der Waals surface area contributed by atoms with E-state index >= 15 is 0 Å². The van der Waals surface area contributed by atoms with Crippen LogP contribution in [0, 0.1) is 0 Å². The predicted octanol–water partition coefficient (Wildman–Crippen LogP) is 2.48. The third-order valence-electron chi connectivity index (χ3n) is 3.71. The first-order valence-corrected chi connectivity index (χ1v) is 11.0. The van der Waals surface area contributed by atoms with Crippen LogP contribution in [-0.2, 0) is 31.2 Å². The minimum absolute atomic E-state index is 0.0417. The standard InChI is InChI=1S/C15H22O4S2/c16-20(17)10-4-2-1-3-5-11-21(18,19)13-15-8-6-14(12-20)7-9-15/h6-9H,1-5,10-13H2. The van der Waals surface area contributed by atoms with Crippen LogP contribution in [0.2, 0.25) is 0 Å². The molecule has 2 aliphatic rings. The number of benzene rings is 1. The number of sulfone groups is 2. The normalized spacial score (nSPS) is 23.0. The van der Waals surface area contributed by atoms with Crippen LogP contribution in [0.5, 0.6) is 0 Å². The van der Waals surface area contributed by atoms with Gasteiger partial charge in [0.25, 0.3) is 0 Å². The van der Waals surface area contributed by atoms with Gasteiger partial charge in [-0.3, -0.25) is 0 Å². The van der Waals surface area contributed by atoms with E-state index in [4.69, 9.17) is 0 Å². The Kier molecular flexibility index (Phi) is 5.43. The van der Waals surface area contributed by atoms with Crippen molar-refractivity contribution < 1.29 is 16.8 Å². The average molecular weight is 330 g/mol. The van der Waals surface area contributed by atoms with E-state index in [1.54, 1.807) is 24.3 Å². The lowest BCUT2D eigenvalue weighted by atomic mass is 10.2. The molecule has 118 valence electrons. The molecule has 0 N–H and O–H groups in total. The molecular formula is C15H22O4S2. The SMILES string of the molecule is O=S1(=O)CCCCCCCS(=O)(=O)Cc2ccc(cc2)C1. The minimum Gasteiger partial charge on any atom is -0.228 e. The highest BCUT2D eigenvalue weighted by Gasteiger charge is 2.15. The third kappa shape index (κ3) is 5.79. The lowest BCUT2D eigenvalue weighted by Gasteiger charge is -2.06. The molecule has 2 aliphatic heterocycles. The zero-order valence-corrected chi connectivity index (χ0v) is 13.8. The largest absolute Gasteiger partial charge is 0.228 e. The lowest BCUT2D eigenvalue weighted by molar-refractivity contribution is 0.582. The Balaban J connectivity index is 2.19. The molecule has 0 radical (unpaired) electrons. The maximum absolute atomic E-state index is 12.0. The lowest BCUT2D eigenvalue weighted by Crippen LogP contribution is -2.10. The van der Waals surface area contributed by atoms with Gasteiger partial charge in [0.15, 0.2) is 19.7 Å². The van der Waals surface area contributed by atoms with Gasteiger partial charge < -0.3 is 0 Å². The summed E-state index contributed by atoms with van der Waals surface area (Å²) in [5, 5.41) is 0. The van der Waals surface area contributed by atoms with Crippen molar-refractivity contribution >= 4 is 19.7 Å². The number of hydrogen-bond acceptors (Lipinski definition) is 4. The maximum atomic E-state index is 12.0. The van der Waals surface area contributed by atoms with E-state index in [1.807, 2.05) is 0 Å². The van der Waals surface area contributed by atoms with Crippen LogP contribution >= 0.6 is 0 Å². The van der Waals surface area contributed by atoms with Crippen LogP contribution in [0.15, 0.2) is 24.3 Å². The zero-order valence-electron chi connectivity index (χ0n) is 12.1. The van der Waals surface area contributed by atoms with Crippen molar-refractivity contribution in [2.45, 2.75) is 43.6 Å². The molecule has 0 amide bonds. The van der Waals surface area contributed by atoms with E-state index in [0.717, 1.165) is 30.4 Å². The van der Waals surface area contributed by atoms with Crippen molar-refractivity contribution in [3.63, 3.8) is 0 Å². The highest BCUT2D eigenvalue weighted by Crippen LogP contribution is 2.15. The molecule has 0 saturated heterocycles. The predicted molar refractivity (Wildman–Crippen MR) is 84.5 cm³/mol. The van der Waals surface area contributed by atoms with Crippen LogP contribution in [0.25, 0.3) is 0 Å². The Morgan fingerprint density at radius 2 is 0.905 bits per heavy atom. The molecule has 0 aromatic heterocycles. The van der Waals surface area contributed by atoms with Gasteiger partial charge in [0.05, 0.1) is 23.0 Å². The monoisotopic (exact) mass is 330 g/mol. The summed E-state index contributed by atoms with van der Waals surface area (Å²) in [5.41, 5.74) is 1.46. The second kappa shape index (κ2) is 6.92. The number of hydrogen-bond donors (Lipinski definition) is 0. The highest BCUT2D eigenvalue weighted by atomic mass is 32.2. The molecule has 6 heteroatoms. The van der Waals surface area contributed by atoms with Crippen molar-refractivity contribution in [1.29, 1.82) is 0 Å². The molecular weight excluding hydrogens is 308 g/mol. The van der Waals surface area contributed by atoms with Crippen molar-refractivity contribution in [3.05, 3.63) is 35.4 Å². The summed E-state index contributed by atoms with van der Waals surface area (Å²) in [6.07, 6.45) is 3.91. The Labute approximate surface area is 127 Å². The van der Waals surface area contributed by atoms with Gasteiger partial charge in [-0.15, -0.1) is 0 Å². The highest BCUT2D eigenvalue weighted by molar-refractivity contribution is 7.90. The number of fused-ring (bicyclic) bond motifs is 12. The van der Waals surface area contributed by atoms with Gasteiger partial charge in [0.1, 0.15) is 0 Å². The topological polar surface area (TPSA) is 68.3 Å². The van der Waals surface area contributed by atoms with Crippen LogP contribution in [-0.4, -0.2) is 28.3 Å². The van der Waals surface area contributed by atoms with E-state index in [1.165, 1.54) is 0 Å². The maximum Gasteiger partial charge on any atom is 0.154 e. The van der Waals surface area contributed by atoms with Crippen molar-refractivity contribution in [2.24, 2.45) is 0 Å². The van der Waals surface area contributed by atoms with E-state index in [0.29, 0.717) is 12.8 Å². The molecule has 2 heterocycles. The first kappa shape index (κ1) is 16.5. The summed E-state index contributed by atoms with van der Waals surface area (Å²) in [4.78, 5) is 0. The van der Waals surface area contributed by atoms with E-state index in [9.17, 15) is 16.8 Å². The van der Waals surface area contributed by atoms with Gasteiger partial charge in [0, 0.05) is 0 Å². The van der Waals surface area contributed by atoms with Gasteiger partial charge in [-0.05, 0) is 24.0 Å². The fraction of sp³-hybridized carbons (Fsp3) is 0.600. The first-order chi connectivity index (χ1) is 9.86. The van der Waals surface area contributed by atoms with Crippen LogP contribution in [0.4, 0.5) is 0 Å².